The van der Waals surface area contributed by atoms with Crippen molar-refractivity contribution in [1.82, 2.24) is 10.2 Å². The third-order valence-electron chi connectivity index (χ3n) is 4.71. The number of benzene rings is 1. The van der Waals surface area contributed by atoms with Crippen molar-refractivity contribution in [2.75, 3.05) is 13.1 Å². The monoisotopic (exact) mass is 352 g/mol. The van der Waals surface area contributed by atoms with Crippen molar-refractivity contribution in [2.45, 2.75) is 58.7 Å². The maximum Gasteiger partial charge on any atom is 0.0324 e. The highest BCUT2D eigenvalue weighted by Gasteiger charge is 2.32. The molecular weight excluding hydrogens is 324 g/mol. The molecule has 1 aromatic carbocycles. The molecule has 2 rings (SSSR count). The fraction of sp³-hybridized carbons (Fsp3) is 0.667. The molecule has 3 atom stereocenters. The summed E-state index contributed by atoms with van der Waals surface area (Å²) in [6.45, 7) is 11.6. The topological polar surface area (TPSA) is 15.3 Å². The molecule has 21 heavy (non-hydrogen) atoms. The fourth-order valence-electron chi connectivity index (χ4n) is 3.42. The second-order valence-corrected chi connectivity index (χ2v) is 7.55. The van der Waals surface area contributed by atoms with Gasteiger partial charge in [-0.15, -0.1) is 0 Å². The molecule has 1 heterocycles. The van der Waals surface area contributed by atoms with E-state index in [2.05, 4.69) is 78.1 Å². The van der Waals surface area contributed by atoms with Crippen LogP contribution >= 0.6 is 15.9 Å². The van der Waals surface area contributed by atoms with Gasteiger partial charge in [-0.3, -0.25) is 4.90 Å². The average molecular weight is 353 g/mol. The third kappa shape index (κ3) is 4.30. The van der Waals surface area contributed by atoms with E-state index in [1.807, 2.05) is 0 Å². The van der Waals surface area contributed by atoms with E-state index < -0.39 is 0 Å². The van der Waals surface area contributed by atoms with Gasteiger partial charge in [0, 0.05) is 35.7 Å². The van der Waals surface area contributed by atoms with Crippen LogP contribution in [-0.2, 0) is 0 Å². The number of piperazine rings is 1. The molecule has 1 aliphatic rings. The highest BCUT2D eigenvalue weighted by atomic mass is 79.9. The summed E-state index contributed by atoms with van der Waals surface area (Å²) in [4.78, 5) is 2.71. The molecule has 1 saturated heterocycles. The van der Waals surface area contributed by atoms with Crippen LogP contribution in [-0.4, -0.2) is 30.1 Å². The molecule has 118 valence electrons. The lowest BCUT2D eigenvalue weighted by molar-refractivity contribution is 0.0598. The van der Waals surface area contributed by atoms with Crippen molar-refractivity contribution in [2.24, 2.45) is 5.92 Å². The summed E-state index contributed by atoms with van der Waals surface area (Å²) in [6, 6.07) is 10.5. The summed E-state index contributed by atoms with van der Waals surface area (Å²) in [7, 11) is 0. The van der Waals surface area contributed by atoms with Crippen molar-refractivity contribution in [3.63, 3.8) is 0 Å². The maximum absolute atomic E-state index is 3.75. The van der Waals surface area contributed by atoms with Crippen LogP contribution in [0.1, 0.15) is 52.1 Å². The van der Waals surface area contributed by atoms with E-state index in [0.29, 0.717) is 24.0 Å². The van der Waals surface area contributed by atoms with Crippen LogP contribution in [0.5, 0.6) is 0 Å². The van der Waals surface area contributed by atoms with E-state index in [1.165, 1.54) is 22.9 Å². The summed E-state index contributed by atoms with van der Waals surface area (Å²) < 4.78 is 1.17. The van der Waals surface area contributed by atoms with E-state index in [4.69, 9.17) is 0 Å². The number of rotatable bonds is 5. The number of hydrogen-bond acceptors (Lipinski definition) is 2. The Labute approximate surface area is 138 Å². The molecule has 3 unspecified atom stereocenters. The smallest absolute Gasteiger partial charge is 0.0324 e. The van der Waals surface area contributed by atoms with Crippen molar-refractivity contribution in [3.05, 3.63) is 34.3 Å². The van der Waals surface area contributed by atoms with Crippen LogP contribution in [0, 0.1) is 5.92 Å². The lowest BCUT2D eigenvalue weighted by Gasteiger charge is -2.45. The minimum absolute atomic E-state index is 0.469. The first-order valence-corrected chi connectivity index (χ1v) is 9.06. The van der Waals surface area contributed by atoms with Crippen molar-refractivity contribution in [3.8, 4) is 0 Å². The number of nitrogens with zero attached hydrogens (tertiary/aromatic N) is 1. The van der Waals surface area contributed by atoms with Gasteiger partial charge < -0.3 is 5.32 Å². The second kappa shape index (κ2) is 7.75. The average Bonchev–Trinajstić information content (AvgIpc) is 2.46. The van der Waals surface area contributed by atoms with Gasteiger partial charge in [0.25, 0.3) is 0 Å². The van der Waals surface area contributed by atoms with Gasteiger partial charge in [0.2, 0.25) is 0 Å². The molecule has 1 N–H and O–H groups in total. The van der Waals surface area contributed by atoms with Crippen molar-refractivity contribution in [1.29, 1.82) is 0 Å². The Morgan fingerprint density at radius 2 is 2.10 bits per heavy atom. The van der Waals surface area contributed by atoms with E-state index in [0.717, 1.165) is 13.1 Å². The normalized spacial score (nSPS) is 25.2. The molecule has 3 heteroatoms. The Morgan fingerprint density at radius 1 is 1.33 bits per heavy atom. The standard InChI is InChI=1S/C18H29BrN2/c1-5-7-17-12-21(18(11-20-17)13(2)3)14(4)15-8-6-9-16(19)10-15/h6,8-10,13-14,17-18,20H,5,7,11-12H2,1-4H3. The Balaban J connectivity index is 2.18. The molecule has 1 fully saturated rings. The zero-order valence-electron chi connectivity index (χ0n) is 13.8. The van der Waals surface area contributed by atoms with Gasteiger partial charge in [0.15, 0.2) is 0 Å². The molecule has 0 bridgehead atoms. The lowest BCUT2D eigenvalue weighted by Crippen LogP contribution is -2.58. The predicted molar refractivity (Wildman–Crippen MR) is 94.6 cm³/mol. The van der Waals surface area contributed by atoms with Gasteiger partial charge in [-0.2, -0.15) is 0 Å². The van der Waals surface area contributed by atoms with Crippen LogP contribution in [0.3, 0.4) is 0 Å². The Kier molecular flexibility index (Phi) is 6.27. The highest BCUT2D eigenvalue weighted by Crippen LogP contribution is 2.29. The van der Waals surface area contributed by atoms with E-state index in [1.54, 1.807) is 0 Å². The molecule has 0 aliphatic carbocycles. The minimum atomic E-state index is 0.469. The van der Waals surface area contributed by atoms with Gasteiger partial charge in [0.05, 0.1) is 0 Å². The zero-order chi connectivity index (χ0) is 15.4. The van der Waals surface area contributed by atoms with Gasteiger partial charge >= 0.3 is 0 Å². The zero-order valence-corrected chi connectivity index (χ0v) is 15.4. The molecule has 0 saturated carbocycles. The van der Waals surface area contributed by atoms with Crippen LogP contribution < -0.4 is 5.32 Å². The molecule has 2 nitrogen and oxygen atoms in total. The Hall–Kier alpha value is -0.380. The highest BCUT2D eigenvalue weighted by molar-refractivity contribution is 9.10. The summed E-state index contributed by atoms with van der Waals surface area (Å²) >= 11 is 3.60. The van der Waals surface area contributed by atoms with Crippen molar-refractivity contribution >= 4 is 15.9 Å². The van der Waals surface area contributed by atoms with Gasteiger partial charge in [-0.1, -0.05) is 55.3 Å². The second-order valence-electron chi connectivity index (χ2n) is 6.63. The van der Waals surface area contributed by atoms with Gasteiger partial charge in [0.1, 0.15) is 0 Å². The summed E-state index contributed by atoms with van der Waals surface area (Å²) in [6.07, 6.45) is 2.52. The minimum Gasteiger partial charge on any atom is -0.311 e. The predicted octanol–water partition coefficient (Wildman–Crippen LogP) is 4.61. The first-order valence-electron chi connectivity index (χ1n) is 8.27. The van der Waals surface area contributed by atoms with Gasteiger partial charge in [-0.25, -0.2) is 0 Å². The third-order valence-corrected chi connectivity index (χ3v) is 5.20. The Morgan fingerprint density at radius 3 is 2.71 bits per heavy atom. The molecule has 0 aromatic heterocycles. The van der Waals surface area contributed by atoms with Crippen molar-refractivity contribution < 1.29 is 0 Å². The van der Waals surface area contributed by atoms with Gasteiger partial charge in [-0.05, 0) is 37.0 Å². The first-order chi connectivity index (χ1) is 10.0. The fourth-order valence-corrected chi connectivity index (χ4v) is 3.84. The maximum atomic E-state index is 3.75. The molecule has 1 aliphatic heterocycles. The Bertz CT molecular complexity index is 447. The number of halogens is 1. The lowest BCUT2D eigenvalue weighted by atomic mass is 9.93. The van der Waals surface area contributed by atoms with E-state index in [9.17, 15) is 0 Å². The van der Waals surface area contributed by atoms with E-state index >= 15 is 0 Å². The summed E-state index contributed by atoms with van der Waals surface area (Å²) in [5.41, 5.74) is 1.41. The number of hydrogen-bond donors (Lipinski definition) is 1. The molecule has 0 spiro atoms. The van der Waals surface area contributed by atoms with Crippen LogP contribution in [0.2, 0.25) is 0 Å². The largest absolute Gasteiger partial charge is 0.311 e. The first kappa shape index (κ1) is 17.0. The molecule has 1 aromatic rings. The van der Waals surface area contributed by atoms with Crippen LogP contribution in [0.4, 0.5) is 0 Å². The summed E-state index contributed by atoms with van der Waals surface area (Å²) in [5, 5.41) is 3.75. The quantitative estimate of drug-likeness (QED) is 0.832. The van der Waals surface area contributed by atoms with Crippen LogP contribution in [0.15, 0.2) is 28.7 Å². The molecule has 0 amide bonds. The number of nitrogens with one attached hydrogen (secondary N) is 1. The summed E-state index contributed by atoms with van der Waals surface area (Å²) in [5.74, 6) is 0.676. The molecular formula is C18H29BrN2. The molecule has 0 radical (unpaired) electrons. The van der Waals surface area contributed by atoms with Crippen LogP contribution in [0.25, 0.3) is 0 Å². The SMILES string of the molecule is CCCC1CN(C(C)c2cccc(Br)c2)C(C(C)C)CN1. The van der Waals surface area contributed by atoms with E-state index in [-0.39, 0.29) is 0 Å².